The highest BCUT2D eigenvalue weighted by Gasteiger charge is 2.19. The summed E-state index contributed by atoms with van der Waals surface area (Å²) in [6.45, 7) is 0. The Labute approximate surface area is 320 Å². The fourth-order valence-corrected chi connectivity index (χ4v) is 8.40. The number of aromatic nitrogens is 1. The Morgan fingerprint density at radius 2 is 0.839 bits per heavy atom. The van der Waals surface area contributed by atoms with Gasteiger partial charge in [-0.25, -0.2) is 4.98 Å². The van der Waals surface area contributed by atoms with Gasteiger partial charge in [0.15, 0.2) is 5.58 Å². The summed E-state index contributed by atoms with van der Waals surface area (Å²) in [4.78, 5) is 6.95. The highest BCUT2D eigenvalue weighted by Crippen LogP contribution is 2.43. The predicted molar refractivity (Wildman–Crippen MR) is 229 cm³/mol. The van der Waals surface area contributed by atoms with Crippen LogP contribution in [0.4, 0.5) is 17.1 Å². The van der Waals surface area contributed by atoms with Crippen LogP contribution in [0.25, 0.3) is 99.1 Å². The molecule has 12 rings (SSSR count). The molecule has 0 aliphatic rings. The second-order valence-electron chi connectivity index (χ2n) is 14.3. The largest absolute Gasteiger partial charge is 0.456 e. The number of hydrogen-bond acceptors (Lipinski definition) is 5. The van der Waals surface area contributed by atoms with Crippen LogP contribution in [-0.4, -0.2) is 4.98 Å². The lowest BCUT2D eigenvalue weighted by Gasteiger charge is -2.25. The molecule has 0 saturated heterocycles. The minimum atomic E-state index is 0.618. The molecule has 0 radical (unpaired) electrons. The summed E-state index contributed by atoms with van der Waals surface area (Å²) in [7, 11) is 0. The third-order valence-corrected chi connectivity index (χ3v) is 11.1. The molecule has 0 fully saturated rings. The van der Waals surface area contributed by atoms with Crippen LogP contribution in [-0.2, 0) is 0 Å². The molecular formula is C51H30N2O3. The number of furan rings is 2. The Kier molecular flexibility index (Phi) is 6.56. The van der Waals surface area contributed by atoms with E-state index in [9.17, 15) is 0 Å². The molecular weight excluding hydrogens is 689 g/mol. The Hall–Kier alpha value is -7.63. The Bertz CT molecular complexity index is 3290. The molecule has 0 atom stereocenters. The second kappa shape index (κ2) is 11.9. The van der Waals surface area contributed by atoms with E-state index in [0.717, 1.165) is 88.7 Å². The number of hydrogen-bond donors (Lipinski definition) is 0. The number of rotatable bonds is 5. The van der Waals surface area contributed by atoms with Crippen molar-refractivity contribution in [2.75, 3.05) is 4.90 Å². The molecule has 0 unspecified atom stereocenters. The zero-order valence-corrected chi connectivity index (χ0v) is 29.9. The lowest BCUT2D eigenvalue weighted by molar-refractivity contribution is 0.620. The summed E-state index contributed by atoms with van der Waals surface area (Å²) in [5.74, 6) is 0.618. The number of benzene rings is 9. The lowest BCUT2D eigenvalue weighted by Crippen LogP contribution is -2.09. The van der Waals surface area contributed by atoms with Gasteiger partial charge in [-0.15, -0.1) is 0 Å². The highest BCUT2D eigenvalue weighted by atomic mass is 16.3. The average molecular weight is 719 g/mol. The van der Waals surface area contributed by atoms with Crippen molar-refractivity contribution in [1.82, 2.24) is 4.98 Å². The molecule has 5 heteroatoms. The van der Waals surface area contributed by atoms with E-state index < -0.39 is 0 Å². The number of oxazole rings is 1. The van der Waals surface area contributed by atoms with Gasteiger partial charge < -0.3 is 18.2 Å². The monoisotopic (exact) mass is 718 g/mol. The standard InChI is InChI=1S/C51H30N2O3/c1-3-9-39-33(7-1)19-27-45-49(39)41-25-23-37(29-47(41)54-45)53(38-24-26-42-48(30-38)55-46-28-20-34-8-2-4-10-40(34)50(42)46)36-21-17-32(18-22-36)31-13-15-35(16-14-31)51-52-43-11-5-6-12-44(43)56-51/h1-30H. The molecule has 0 aliphatic heterocycles. The van der Waals surface area contributed by atoms with Crippen LogP contribution in [0.2, 0.25) is 0 Å². The summed E-state index contributed by atoms with van der Waals surface area (Å²) < 4.78 is 19.1. The first kappa shape index (κ1) is 30.8. The summed E-state index contributed by atoms with van der Waals surface area (Å²) in [6, 6.07) is 63.4. The van der Waals surface area contributed by atoms with Gasteiger partial charge in [-0.2, -0.15) is 0 Å². The third kappa shape index (κ3) is 4.78. The first-order chi connectivity index (χ1) is 27.7. The van der Waals surface area contributed by atoms with Crippen molar-refractivity contribution in [3.63, 3.8) is 0 Å². The van der Waals surface area contributed by atoms with Crippen LogP contribution in [0.3, 0.4) is 0 Å². The van der Waals surface area contributed by atoms with Gasteiger partial charge in [-0.3, -0.25) is 0 Å². The first-order valence-corrected chi connectivity index (χ1v) is 18.8. The number of para-hydroxylation sites is 2. The number of nitrogens with zero attached hydrogens (tertiary/aromatic N) is 2. The molecule has 262 valence electrons. The van der Waals surface area contributed by atoms with E-state index in [1.54, 1.807) is 0 Å². The molecule has 5 nitrogen and oxygen atoms in total. The molecule has 56 heavy (non-hydrogen) atoms. The molecule has 0 N–H and O–H groups in total. The maximum atomic E-state index is 6.55. The normalized spacial score (nSPS) is 11.9. The van der Waals surface area contributed by atoms with E-state index in [1.165, 1.54) is 21.5 Å². The summed E-state index contributed by atoms with van der Waals surface area (Å²) in [5.41, 5.74) is 11.2. The van der Waals surface area contributed by atoms with Crippen molar-refractivity contribution < 1.29 is 13.3 Å². The third-order valence-electron chi connectivity index (χ3n) is 11.1. The van der Waals surface area contributed by atoms with Crippen LogP contribution in [0, 0.1) is 0 Å². The van der Waals surface area contributed by atoms with Gasteiger partial charge in [-0.05, 0) is 105 Å². The van der Waals surface area contributed by atoms with E-state index in [-0.39, 0.29) is 0 Å². The van der Waals surface area contributed by atoms with Gasteiger partial charge in [0.25, 0.3) is 0 Å². The van der Waals surface area contributed by atoms with Crippen molar-refractivity contribution in [3.05, 3.63) is 182 Å². The predicted octanol–water partition coefficient (Wildman–Crippen LogP) is 14.7. The maximum Gasteiger partial charge on any atom is 0.227 e. The SMILES string of the molecule is c1ccc2c(c1)ccc1oc3cc(N(c4ccc(-c5ccc(-c6nc7ccccc7o6)cc5)cc4)c4ccc5c(c4)oc4ccc6ccccc6c45)ccc3c12. The van der Waals surface area contributed by atoms with E-state index in [1.807, 2.05) is 24.3 Å². The van der Waals surface area contributed by atoms with Gasteiger partial charge in [0.1, 0.15) is 27.8 Å². The van der Waals surface area contributed by atoms with Crippen LogP contribution >= 0.6 is 0 Å². The Balaban J connectivity index is 0.976. The van der Waals surface area contributed by atoms with Crippen LogP contribution < -0.4 is 4.90 Å². The van der Waals surface area contributed by atoms with E-state index in [2.05, 4.69) is 168 Å². The van der Waals surface area contributed by atoms with Crippen molar-refractivity contribution >= 4 is 93.6 Å². The topological polar surface area (TPSA) is 55.6 Å². The molecule has 0 amide bonds. The van der Waals surface area contributed by atoms with Gasteiger partial charge >= 0.3 is 0 Å². The first-order valence-electron chi connectivity index (χ1n) is 18.8. The summed E-state index contributed by atoms with van der Waals surface area (Å²) >= 11 is 0. The minimum absolute atomic E-state index is 0.618. The Morgan fingerprint density at radius 1 is 0.339 bits per heavy atom. The van der Waals surface area contributed by atoms with E-state index in [0.29, 0.717) is 5.89 Å². The molecule has 0 spiro atoms. The fourth-order valence-electron chi connectivity index (χ4n) is 8.40. The number of anilines is 3. The van der Waals surface area contributed by atoms with E-state index in [4.69, 9.17) is 13.3 Å². The molecule has 0 saturated carbocycles. The molecule has 12 aromatic rings. The van der Waals surface area contributed by atoms with Crippen molar-refractivity contribution in [1.29, 1.82) is 0 Å². The van der Waals surface area contributed by atoms with Crippen LogP contribution in [0.15, 0.2) is 195 Å². The zero-order valence-electron chi connectivity index (χ0n) is 29.9. The van der Waals surface area contributed by atoms with Crippen LogP contribution in [0.1, 0.15) is 0 Å². The fraction of sp³-hybridized carbons (Fsp3) is 0. The smallest absolute Gasteiger partial charge is 0.227 e. The van der Waals surface area contributed by atoms with Crippen molar-refractivity contribution in [2.24, 2.45) is 0 Å². The second-order valence-corrected chi connectivity index (χ2v) is 14.3. The minimum Gasteiger partial charge on any atom is -0.456 e. The summed E-state index contributed by atoms with van der Waals surface area (Å²) in [5, 5.41) is 9.23. The maximum absolute atomic E-state index is 6.55. The molecule has 0 bridgehead atoms. The van der Waals surface area contributed by atoms with Gasteiger partial charge in [0.2, 0.25) is 5.89 Å². The van der Waals surface area contributed by atoms with Gasteiger partial charge in [0, 0.05) is 56.3 Å². The van der Waals surface area contributed by atoms with Gasteiger partial charge in [0.05, 0.1) is 0 Å². The lowest BCUT2D eigenvalue weighted by atomic mass is 10.0. The van der Waals surface area contributed by atoms with Crippen LogP contribution in [0.5, 0.6) is 0 Å². The van der Waals surface area contributed by atoms with Gasteiger partial charge in [-0.1, -0.05) is 97.1 Å². The van der Waals surface area contributed by atoms with Crippen molar-refractivity contribution in [2.45, 2.75) is 0 Å². The highest BCUT2D eigenvalue weighted by molar-refractivity contribution is 6.20. The molecule has 3 heterocycles. The quantitative estimate of drug-likeness (QED) is 0.177. The molecule has 9 aromatic carbocycles. The average Bonchev–Trinajstić information content (AvgIpc) is 3.97. The van der Waals surface area contributed by atoms with Crippen molar-refractivity contribution in [3.8, 4) is 22.6 Å². The summed E-state index contributed by atoms with van der Waals surface area (Å²) in [6.07, 6.45) is 0. The molecule has 3 aromatic heterocycles. The Morgan fingerprint density at radius 3 is 1.43 bits per heavy atom. The molecule has 0 aliphatic carbocycles. The number of fused-ring (bicyclic) bond motifs is 11. The van der Waals surface area contributed by atoms with E-state index >= 15 is 0 Å². The zero-order chi connectivity index (χ0) is 36.7.